The fourth-order valence-electron chi connectivity index (χ4n) is 0.582. The zero-order valence-corrected chi connectivity index (χ0v) is 6.42. The van der Waals surface area contributed by atoms with E-state index in [9.17, 15) is 0 Å². The molecular weight excluding hydrogens is 116 g/mol. The maximum absolute atomic E-state index is 4.55. The van der Waals surface area contributed by atoms with E-state index in [1.807, 2.05) is 0 Å². The summed E-state index contributed by atoms with van der Waals surface area (Å²) in [6.07, 6.45) is 3.47. The lowest BCUT2D eigenvalue weighted by Gasteiger charge is -1.98. The highest BCUT2D eigenvalue weighted by atomic mass is 32.1. The van der Waals surface area contributed by atoms with Gasteiger partial charge in [0, 0.05) is 5.37 Å². The summed E-state index contributed by atoms with van der Waals surface area (Å²) in [4.78, 5) is 0. The molecule has 0 aromatic heterocycles. The van der Waals surface area contributed by atoms with Crippen molar-refractivity contribution >= 4 is 17.6 Å². The second-order valence-electron chi connectivity index (χ2n) is 2.43. The predicted octanol–water partition coefficient (Wildman–Crippen LogP) is 2.69. The lowest BCUT2D eigenvalue weighted by atomic mass is 10.1. The van der Waals surface area contributed by atoms with E-state index >= 15 is 0 Å². The van der Waals surface area contributed by atoms with E-state index in [2.05, 4.69) is 31.4 Å². The average Bonchev–Trinajstić information content (AvgIpc) is 1.66. The molecule has 0 aromatic carbocycles. The highest BCUT2D eigenvalue weighted by Crippen LogP contribution is 2.04. The Morgan fingerprint density at radius 2 is 2.12 bits per heavy atom. The molecule has 0 spiro atoms. The van der Waals surface area contributed by atoms with Crippen LogP contribution in [-0.2, 0) is 0 Å². The van der Waals surface area contributed by atoms with Gasteiger partial charge in [0.2, 0.25) is 0 Å². The molecule has 0 aliphatic heterocycles. The molecule has 0 nitrogen and oxygen atoms in total. The first-order valence-corrected chi connectivity index (χ1v) is 3.53. The van der Waals surface area contributed by atoms with Gasteiger partial charge in [-0.3, -0.25) is 0 Å². The Morgan fingerprint density at radius 1 is 1.50 bits per heavy atom. The maximum Gasteiger partial charge on any atom is 0.0291 e. The summed E-state index contributed by atoms with van der Waals surface area (Å²) < 4.78 is 0. The van der Waals surface area contributed by atoms with Crippen LogP contribution in [0.15, 0.2) is 0 Å². The minimum atomic E-state index is 0.818. The van der Waals surface area contributed by atoms with E-state index in [0.717, 1.165) is 12.3 Å². The van der Waals surface area contributed by atoms with Crippen molar-refractivity contribution in [3.63, 3.8) is 0 Å². The number of unbranched alkanes of at least 4 members (excludes halogenated alkanes) is 1. The minimum Gasteiger partial charge on any atom is -0.0837 e. The molecule has 0 rings (SSSR count). The molecule has 0 heterocycles. The van der Waals surface area contributed by atoms with Gasteiger partial charge in [-0.2, -0.15) is 0 Å². The summed E-state index contributed by atoms with van der Waals surface area (Å²) in [5, 5.41) is 2.71. The summed E-state index contributed by atoms with van der Waals surface area (Å²) in [6, 6.07) is 0. The first-order chi connectivity index (χ1) is 3.77. The third kappa shape index (κ3) is 6.09. The standard InChI is InChI=1S/C7H13S/c1-7(2)5-3-4-6-8/h7H,3-5H2,1-2H3. The molecule has 0 aliphatic rings. The van der Waals surface area contributed by atoms with Gasteiger partial charge < -0.3 is 0 Å². The van der Waals surface area contributed by atoms with Crippen molar-refractivity contribution in [3.05, 3.63) is 0 Å². The molecule has 0 amide bonds. The summed E-state index contributed by atoms with van der Waals surface area (Å²) in [5.74, 6) is 0.818. The van der Waals surface area contributed by atoms with Crippen LogP contribution in [0.3, 0.4) is 0 Å². The maximum atomic E-state index is 4.55. The predicted molar refractivity (Wildman–Crippen MR) is 41.3 cm³/mol. The SMILES string of the molecule is CC(C)CCC[C]=S. The molecule has 8 heavy (non-hydrogen) atoms. The van der Waals surface area contributed by atoms with Gasteiger partial charge >= 0.3 is 0 Å². The monoisotopic (exact) mass is 129 g/mol. The van der Waals surface area contributed by atoms with E-state index in [4.69, 9.17) is 0 Å². The fourth-order valence-corrected chi connectivity index (χ4v) is 0.727. The van der Waals surface area contributed by atoms with Gasteiger partial charge in [-0.1, -0.05) is 32.5 Å². The molecule has 0 saturated carbocycles. The quantitative estimate of drug-likeness (QED) is 0.415. The normalized spacial score (nSPS) is 9.88. The van der Waals surface area contributed by atoms with Crippen molar-refractivity contribution in [2.24, 2.45) is 5.92 Å². The van der Waals surface area contributed by atoms with Crippen LogP contribution in [0, 0.1) is 5.92 Å². The van der Waals surface area contributed by atoms with Gasteiger partial charge in [-0.05, 0) is 18.8 Å². The molecule has 47 valence electrons. The van der Waals surface area contributed by atoms with Gasteiger partial charge in [0.15, 0.2) is 0 Å². The second-order valence-corrected chi connectivity index (χ2v) is 2.72. The van der Waals surface area contributed by atoms with Gasteiger partial charge in [-0.25, -0.2) is 0 Å². The van der Waals surface area contributed by atoms with Crippen LogP contribution in [0.2, 0.25) is 0 Å². The Kier molecular flexibility index (Phi) is 5.29. The first kappa shape index (κ1) is 8.09. The smallest absolute Gasteiger partial charge is 0.0291 e. The molecule has 0 unspecified atom stereocenters. The topological polar surface area (TPSA) is 0 Å². The van der Waals surface area contributed by atoms with E-state index in [-0.39, 0.29) is 0 Å². The third-order valence-corrected chi connectivity index (χ3v) is 1.26. The van der Waals surface area contributed by atoms with E-state index in [1.54, 1.807) is 0 Å². The molecule has 0 bridgehead atoms. The molecular formula is C7H13S. The summed E-state index contributed by atoms with van der Waals surface area (Å²) in [7, 11) is 0. The largest absolute Gasteiger partial charge is 0.0837 e. The number of hydrogen-bond donors (Lipinski definition) is 0. The molecule has 0 N–H and O–H groups in total. The van der Waals surface area contributed by atoms with Crippen LogP contribution in [0.1, 0.15) is 33.1 Å². The lowest BCUT2D eigenvalue weighted by Crippen LogP contribution is -1.85. The third-order valence-electron chi connectivity index (χ3n) is 1.06. The van der Waals surface area contributed by atoms with Crippen molar-refractivity contribution in [3.8, 4) is 0 Å². The first-order valence-electron chi connectivity index (χ1n) is 3.12. The molecule has 0 aliphatic carbocycles. The summed E-state index contributed by atoms with van der Waals surface area (Å²) in [5.41, 5.74) is 0. The van der Waals surface area contributed by atoms with Crippen LogP contribution < -0.4 is 0 Å². The van der Waals surface area contributed by atoms with Crippen LogP contribution in [-0.4, -0.2) is 5.37 Å². The van der Waals surface area contributed by atoms with Crippen molar-refractivity contribution < 1.29 is 0 Å². The van der Waals surface area contributed by atoms with E-state index < -0.39 is 0 Å². The van der Waals surface area contributed by atoms with Crippen molar-refractivity contribution in [2.45, 2.75) is 33.1 Å². The second kappa shape index (κ2) is 5.23. The van der Waals surface area contributed by atoms with Gasteiger partial charge in [0.25, 0.3) is 0 Å². The van der Waals surface area contributed by atoms with Crippen LogP contribution in [0.5, 0.6) is 0 Å². The van der Waals surface area contributed by atoms with Gasteiger partial charge in [-0.15, -0.1) is 0 Å². The molecule has 1 heteroatoms. The van der Waals surface area contributed by atoms with Crippen LogP contribution in [0.4, 0.5) is 0 Å². The number of thiocarbonyl (C=S) groups is 1. The van der Waals surface area contributed by atoms with Gasteiger partial charge in [0.1, 0.15) is 0 Å². The van der Waals surface area contributed by atoms with E-state index in [1.165, 1.54) is 12.8 Å². The minimum absolute atomic E-state index is 0.818. The van der Waals surface area contributed by atoms with Crippen molar-refractivity contribution in [2.75, 3.05) is 0 Å². The molecule has 0 aromatic rings. The summed E-state index contributed by atoms with van der Waals surface area (Å²) in [6.45, 7) is 4.45. The van der Waals surface area contributed by atoms with Crippen LogP contribution in [0.25, 0.3) is 0 Å². The highest BCUT2D eigenvalue weighted by Gasteiger charge is 1.90. The van der Waals surface area contributed by atoms with E-state index in [0.29, 0.717) is 0 Å². The Bertz CT molecular complexity index is 57.4. The van der Waals surface area contributed by atoms with Crippen molar-refractivity contribution in [1.82, 2.24) is 0 Å². The Hall–Kier alpha value is 0.0900. The Balaban J connectivity index is 2.81. The molecule has 0 saturated heterocycles. The molecule has 0 fully saturated rings. The Morgan fingerprint density at radius 3 is 2.50 bits per heavy atom. The molecule has 1 radical (unpaired) electrons. The Labute approximate surface area is 57.3 Å². The number of hydrogen-bond acceptors (Lipinski definition) is 1. The highest BCUT2D eigenvalue weighted by molar-refractivity contribution is 7.78. The van der Waals surface area contributed by atoms with Crippen LogP contribution >= 0.6 is 12.2 Å². The van der Waals surface area contributed by atoms with Gasteiger partial charge in [0.05, 0.1) is 0 Å². The zero-order chi connectivity index (χ0) is 6.41. The number of rotatable bonds is 4. The average molecular weight is 129 g/mol. The lowest BCUT2D eigenvalue weighted by molar-refractivity contribution is 0.567. The zero-order valence-electron chi connectivity index (χ0n) is 5.61. The fraction of sp³-hybridized carbons (Fsp3) is 0.857. The summed E-state index contributed by atoms with van der Waals surface area (Å²) >= 11 is 4.55. The van der Waals surface area contributed by atoms with Crippen molar-refractivity contribution in [1.29, 1.82) is 0 Å². The molecule has 0 atom stereocenters.